The third-order valence-electron chi connectivity index (χ3n) is 5.23. The number of likely N-dealkylation sites (tertiary alicyclic amines) is 2. The van der Waals surface area contributed by atoms with Crippen LogP contribution in [0.1, 0.15) is 24.8 Å². The summed E-state index contributed by atoms with van der Waals surface area (Å²) in [5.74, 6) is 0.00233. The summed E-state index contributed by atoms with van der Waals surface area (Å²) in [6.07, 6.45) is 5.18. The lowest BCUT2D eigenvalue weighted by Gasteiger charge is -2.39. The number of aromatic amines is 1. The first-order chi connectivity index (χ1) is 12.1. The van der Waals surface area contributed by atoms with Crippen LogP contribution in [0, 0.1) is 5.41 Å². The van der Waals surface area contributed by atoms with Gasteiger partial charge in [-0.3, -0.25) is 14.4 Å². The zero-order valence-electron chi connectivity index (χ0n) is 14.5. The lowest BCUT2D eigenvalue weighted by atomic mass is 9.78. The van der Waals surface area contributed by atoms with E-state index in [1.165, 1.54) is 12.5 Å². The van der Waals surface area contributed by atoms with Gasteiger partial charge in [0.05, 0.1) is 24.8 Å². The molecule has 25 heavy (non-hydrogen) atoms. The van der Waals surface area contributed by atoms with Crippen molar-refractivity contribution in [3.05, 3.63) is 28.4 Å². The predicted molar refractivity (Wildman–Crippen MR) is 89.9 cm³/mol. The van der Waals surface area contributed by atoms with Crippen LogP contribution in [0.2, 0.25) is 0 Å². The van der Waals surface area contributed by atoms with Crippen LogP contribution in [0.15, 0.2) is 17.3 Å². The third kappa shape index (κ3) is 3.58. The molecule has 0 aromatic carbocycles. The van der Waals surface area contributed by atoms with Gasteiger partial charge in [0, 0.05) is 45.0 Å². The molecule has 0 bridgehead atoms. The molecule has 2 aliphatic heterocycles. The number of ether oxygens (including phenoxy) is 1. The molecule has 3 rings (SSSR count). The van der Waals surface area contributed by atoms with Gasteiger partial charge in [-0.2, -0.15) is 0 Å². The fourth-order valence-electron chi connectivity index (χ4n) is 3.81. The number of methoxy groups -OCH3 is 1. The molecule has 2 fully saturated rings. The molecule has 8 heteroatoms. The number of hydrogen-bond acceptors (Lipinski definition) is 5. The summed E-state index contributed by atoms with van der Waals surface area (Å²) in [6, 6.07) is 0. The van der Waals surface area contributed by atoms with Crippen LogP contribution in [0.5, 0.6) is 0 Å². The molecule has 2 amide bonds. The first-order valence-corrected chi connectivity index (χ1v) is 8.63. The van der Waals surface area contributed by atoms with Crippen LogP contribution in [0.3, 0.4) is 0 Å². The molecule has 136 valence electrons. The number of amides is 2. The third-order valence-corrected chi connectivity index (χ3v) is 5.23. The average Bonchev–Trinajstić information content (AvgIpc) is 3.04. The van der Waals surface area contributed by atoms with Crippen molar-refractivity contribution in [2.24, 2.45) is 5.41 Å². The van der Waals surface area contributed by atoms with Gasteiger partial charge in [0.25, 0.3) is 5.56 Å². The topological polar surface area (TPSA) is 95.6 Å². The zero-order chi connectivity index (χ0) is 17.9. The summed E-state index contributed by atoms with van der Waals surface area (Å²) in [7, 11) is 1.63. The van der Waals surface area contributed by atoms with E-state index in [-0.39, 0.29) is 23.8 Å². The Kier molecular flexibility index (Phi) is 5.17. The number of nitrogens with one attached hydrogen (secondary N) is 1. The van der Waals surface area contributed by atoms with Crippen molar-refractivity contribution in [2.45, 2.75) is 25.7 Å². The summed E-state index contributed by atoms with van der Waals surface area (Å²) in [6.45, 7) is 2.86. The fourth-order valence-corrected chi connectivity index (χ4v) is 3.81. The van der Waals surface area contributed by atoms with Crippen LogP contribution in [0.4, 0.5) is 0 Å². The first kappa shape index (κ1) is 17.6. The van der Waals surface area contributed by atoms with Gasteiger partial charge in [0.1, 0.15) is 0 Å². The number of nitrogens with zero attached hydrogens (tertiary/aromatic N) is 3. The number of aromatic nitrogens is 2. The highest BCUT2D eigenvalue weighted by Gasteiger charge is 2.49. The SMILES string of the molecule is COCCN1CCCC2(CCN(C(=O)Cc3cnc[nH]c3=O)C2)C1=O. The Morgan fingerprint density at radius 1 is 1.36 bits per heavy atom. The highest BCUT2D eigenvalue weighted by Crippen LogP contribution is 2.40. The normalized spacial score (nSPS) is 23.5. The molecule has 0 saturated carbocycles. The van der Waals surface area contributed by atoms with Crippen molar-refractivity contribution >= 4 is 11.8 Å². The summed E-state index contributed by atoms with van der Waals surface area (Å²) in [4.78, 5) is 47.1. The van der Waals surface area contributed by atoms with E-state index in [4.69, 9.17) is 4.74 Å². The highest BCUT2D eigenvalue weighted by molar-refractivity contribution is 5.86. The van der Waals surface area contributed by atoms with Gasteiger partial charge < -0.3 is 19.5 Å². The van der Waals surface area contributed by atoms with Gasteiger partial charge in [-0.25, -0.2) is 4.98 Å². The molecule has 1 N–H and O–H groups in total. The minimum atomic E-state index is -0.469. The molecule has 2 saturated heterocycles. The smallest absolute Gasteiger partial charge is 0.254 e. The summed E-state index contributed by atoms with van der Waals surface area (Å²) in [5, 5.41) is 0. The van der Waals surface area contributed by atoms with Crippen molar-refractivity contribution in [2.75, 3.05) is 39.9 Å². The fraction of sp³-hybridized carbons (Fsp3) is 0.647. The maximum absolute atomic E-state index is 12.9. The molecular weight excluding hydrogens is 324 g/mol. The lowest BCUT2D eigenvalue weighted by molar-refractivity contribution is -0.146. The quantitative estimate of drug-likeness (QED) is 0.795. The number of carbonyl (C=O) groups is 2. The molecule has 1 atom stereocenters. The number of H-pyrrole nitrogens is 1. The molecular formula is C17H24N4O4. The summed E-state index contributed by atoms with van der Waals surface area (Å²) < 4.78 is 5.08. The van der Waals surface area contributed by atoms with Crippen LogP contribution < -0.4 is 5.56 Å². The minimum absolute atomic E-state index is 0.0147. The van der Waals surface area contributed by atoms with Gasteiger partial charge in [-0.15, -0.1) is 0 Å². The summed E-state index contributed by atoms with van der Waals surface area (Å²) >= 11 is 0. The number of carbonyl (C=O) groups excluding carboxylic acids is 2. The molecule has 1 aromatic heterocycles. The van der Waals surface area contributed by atoms with E-state index in [9.17, 15) is 14.4 Å². The standard InChI is InChI=1S/C17H24N4O4/c1-25-8-7-20-5-2-3-17(16(20)24)4-6-21(11-17)14(22)9-13-10-18-12-19-15(13)23/h10,12H,2-9,11H2,1H3,(H,18,19,23). The summed E-state index contributed by atoms with van der Waals surface area (Å²) in [5.41, 5.74) is -0.412. The second-order valence-electron chi connectivity index (χ2n) is 6.82. The minimum Gasteiger partial charge on any atom is -0.383 e. The predicted octanol–water partition coefficient (Wildman–Crippen LogP) is -0.200. The maximum atomic E-state index is 12.9. The molecule has 1 aromatic rings. The van der Waals surface area contributed by atoms with Crippen molar-refractivity contribution in [1.82, 2.24) is 19.8 Å². The van der Waals surface area contributed by atoms with Gasteiger partial charge in [0.15, 0.2) is 0 Å². The lowest BCUT2D eigenvalue weighted by Crippen LogP contribution is -2.51. The van der Waals surface area contributed by atoms with E-state index in [0.717, 1.165) is 19.4 Å². The largest absolute Gasteiger partial charge is 0.383 e. The molecule has 0 aliphatic carbocycles. The Hall–Kier alpha value is -2.22. The Labute approximate surface area is 146 Å². The Bertz CT molecular complexity index is 704. The van der Waals surface area contributed by atoms with Crippen LogP contribution in [0.25, 0.3) is 0 Å². The van der Waals surface area contributed by atoms with E-state index < -0.39 is 5.41 Å². The highest BCUT2D eigenvalue weighted by atomic mass is 16.5. The van der Waals surface area contributed by atoms with Gasteiger partial charge in [-0.05, 0) is 19.3 Å². The van der Waals surface area contributed by atoms with Crippen molar-refractivity contribution in [1.29, 1.82) is 0 Å². The second kappa shape index (κ2) is 7.35. The second-order valence-corrected chi connectivity index (χ2v) is 6.82. The average molecular weight is 348 g/mol. The van der Waals surface area contributed by atoms with E-state index in [2.05, 4.69) is 9.97 Å². The van der Waals surface area contributed by atoms with E-state index in [1.54, 1.807) is 12.0 Å². The molecule has 3 heterocycles. The number of piperidine rings is 1. The van der Waals surface area contributed by atoms with E-state index in [1.807, 2.05) is 4.90 Å². The first-order valence-electron chi connectivity index (χ1n) is 8.63. The Morgan fingerprint density at radius 3 is 2.96 bits per heavy atom. The van der Waals surface area contributed by atoms with E-state index >= 15 is 0 Å². The zero-order valence-corrected chi connectivity index (χ0v) is 14.5. The van der Waals surface area contributed by atoms with Crippen LogP contribution in [-0.4, -0.2) is 71.5 Å². The monoisotopic (exact) mass is 348 g/mol. The van der Waals surface area contributed by atoms with Crippen molar-refractivity contribution < 1.29 is 14.3 Å². The number of rotatable bonds is 5. The molecule has 0 radical (unpaired) electrons. The van der Waals surface area contributed by atoms with Crippen molar-refractivity contribution in [3.63, 3.8) is 0 Å². The van der Waals surface area contributed by atoms with Gasteiger partial charge >= 0.3 is 0 Å². The van der Waals surface area contributed by atoms with Gasteiger partial charge in [-0.1, -0.05) is 0 Å². The number of hydrogen-bond donors (Lipinski definition) is 1. The molecule has 8 nitrogen and oxygen atoms in total. The Balaban J connectivity index is 1.66. The molecule has 2 aliphatic rings. The van der Waals surface area contributed by atoms with Gasteiger partial charge in [0.2, 0.25) is 11.8 Å². The Morgan fingerprint density at radius 2 is 2.20 bits per heavy atom. The maximum Gasteiger partial charge on any atom is 0.254 e. The van der Waals surface area contributed by atoms with Crippen LogP contribution in [-0.2, 0) is 20.7 Å². The van der Waals surface area contributed by atoms with E-state index in [0.29, 0.717) is 38.2 Å². The molecule has 1 spiro atoms. The van der Waals surface area contributed by atoms with Crippen molar-refractivity contribution in [3.8, 4) is 0 Å². The van der Waals surface area contributed by atoms with Crippen LogP contribution >= 0.6 is 0 Å². The molecule has 1 unspecified atom stereocenters.